The molecular weight excluding hydrogens is 246 g/mol. The lowest BCUT2D eigenvalue weighted by molar-refractivity contribution is -0.119. The average Bonchev–Trinajstić information content (AvgIpc) is 2.78. The lowest BCUT2D eigenvalue weighted by Crippen LogP contribution is -2.50. The first-order chi connectivity index (χ1) is 9.08. The summed E-state index contributed by atoms with van der Waals surface area (Å²) < 4.78 is 1.66. The van der Waals surface area contributed by atoms with E-state index in [9.17, 15) is 15.0 Å². The van der Waals surface area contributed by atoms with Crippen molar-refractivity contribution >= 4 is 12.0 Å². The van der Waals surface area contributed by atoms with Gasteiger partial charge < -0.3 is 15.5 Å². The van der Waals surface area contributed by atoms with Crippen LogP contribution in [-0.2, 0) is 11.8 Å². The highest BCUT2D eigenvalue weighted by molar-refractivity contribution is 5.91. The fourth-order valence-corrected chi connectivity index (χ4v) is 2.25. The molecule has 0 spiro atoms. The van der Waals surface area contributed by atoms with Gasteiger partial charge in [-0.15, -0.1) is 0 Å². The highest BCUT2D eigenvalue weighted by Gasteiger charge is 2.30. The number of carbonyl (C=O) groups is 1. The van der Waals surface area contributed by atoms with E-state index in [4.69, 9.17) is 0 Å². The molecule has 0 bridgehead atoms. The van der Waals surface area contributed by atoms with E-state index in [0.29, 0.717) is 12.8 Å². The van der Waals surface area contributed by atoms with Gasteiger partial charge in [-0.25, -0.2) is 0 Å². The number of hydrogen-bond acceptors (Lipinski definition) is 4. The van der Waals surface area contributed by atoms with Crippen LogP contribution in [0.3, 0.4) is 0 Å². The first-order valence-electron chi connectivity index (χ1n) is 6.40. The molecule has 0 aromatic carbocycles. The summed E-state index contributed by atoms with van der Waals surface area (Å²) in [4.78, 5) is 11.7. The van der Waals surface area contributed by atoms with E-state index in [2.05, 4.69) is 10.4 Å². The first kappa shape index (κ1) is 13.8. The number of aromatic nitrogens is 2. The van der Waals surface area contributed by atoms with Gasteiger partial charge in [-0.05, 0) is 31.4 Å². The maximum absolute atomic E-state index is 11.7. The van der Waals surface area contributed by atoms with Gasteiger partial charge in [-0.1, -0.05) is 0 Å². The van der Waals surface area contributed by atoms with Crippen LogP contribution in [0.4, 0.5) is 0 Å². The van der Waals surface area contributed by atoms with Crippen molar-refractivity contribution in [3.8, 4) is 0 Å². The zero-order valence-electron chi connectivity index (χ0n) is 10.9. The summed E-state index contributed by atoms with van der Waals surface area (Å²) in [6.45, 7) is 0. The molecule has 3 atom stereocenters. The maximum Gasteiger partial charge on any atom is 0.244 e. The molecule has 0 radical (unpaired) electrons. The van der Waals surface area contributed by atoms with Crippen molar-refractivity contribution in [2.45, 2.75) is 37.5 Å². The molecule has 0 unspecified atom stereocenters. The summed E-state index contributed by atoms with van der Waals surface area (Å²) in [6, 6.07) is 1.41. The zero-order chi connectivity index (χ0) is 13.8. The van der Waals surface area contributed by atoms with Gasteiger partial charge in [0, 0.05) is 19.3 Å². The monoisotopic (exact) mass is 265 g/mol. The van der Waals surface area contributed by atoms with Crippen molar-refractivity contribution in [3.05, 3.63) is 24.0 Å². The first-order valence-corrected chi connectivity index (χ1v) is 6.40. The van der Waals surface area contributed by atoms with Gasteiger partial charge >= 0.3 is 0 Å². The standard InChI is InChI=1S/C13H19N3O3/c1-16-9(7-8-14-16)5-6-12(18)15-10-3-2-4-11(17)13(10)19/h5-8,10-11,13,17,19H,2-4H2,1H3,(H,15,18)/b6-5+/t10-,11-,13-/m1/s1. The van der Waals surface area contributed by atoms with Gasteiger partial charge in [0.1, 0.15) is 0 Å². The van der Waals surface area contributed by atoms with E-state index in [1.54, 1.807) is 30.1 Å². The molecule has 1 saturated carbocycles. The predicted molar refractivity (Wildman–Crippen MR) is 70.0 cm³/mol. The minimum Gasteiger partial charge on any atom is -0.390 e. The zero-order valence-corrected chi connectivity index (χ0v) is 10.9. The molecule has 1 fully saturated rings. The Hall–Kier alpha value is -1.66. The number of aryl methyl sites for hydroxylation is 1. The summed E-state index contributed by atoms with van der Waals surface area (Å²) in [5, 5.41) is 26.0. The molecule has 2 rings (SSSR count). The molecule has 19 heavy (non-hydrogen) atoms. The Labute approximate surface area is 111 Å². The van der Waals surface area contributed by atoms with Crippen LogP contribution in [0.15, 0.2) is 18.3 Å². The van der Waals surface area contributed by atoms with Crippen LogP contribution in [0.2, 0.25) is 0 Å². The molecule has 1 amide bonds. The summed E-state index contributed by atoms with van der Waals surface area (Å²) in [5.74, 6) is -0.278. The van der Waals surface area contributed by atoms with Crippen molar-refractivity contribution in [1.82, 2.24) is 15.1 Å². The molecule has 1 aliphatic rings. The molecule has 1 aromatic heterocycles. The second-order valence-corrected chi connectivity index (χ2v) is 4.82. The minimum absolute atomic E-state index is 0.278. The fraction of sp³-hybridized carbons (Fsp3) is 0.538. The van der Waals surface area contributed by atoms with Crippen molar-refractivity contribution in [2.24, 2.45) is 7.05 Å². The number of nitrogens with one attached hydrogen (secondary N) is 1. The van der Waals surface area contributed by atoms with Gasteiger partial charge in [0.2, 0.25) is 5.91 Å². The van der Waals surface area contributed by atoms with E-state index >= 15 is 0 Å². The molecule has 3 N–H and O–H groups in total. The Kier molecular flexibility index (Phi) is 4.34. The van der Waals surface area contributed by atoms with Gasteiger partial charge in [0.25, 0.3) is 0 Å². The lowest BCUT2D eigenvalue weighted by atomic mass is 9.90. The van der Waals surface area contributed by atoms with E-state index in [-0.39, 0.29) is 11.9 Å². The van der Waals surface area contributed by atoms with Crippen LogP contribution < -0.4 is 5.32 Å². The summed E-state index contributed by atoms with van der Waals surface area (Å²) in [6.07, 6.45) is 5.15. The van der Waals surface area contributed by atoms with Crippen molar-refractivity contribution in [1.29, 1.82) is 0 Å². The smallest absolute Gasteiger partial charge is 0.244 e. The summed E-state index contributed by atoms with van der Waals surface area (Å²) >= 11 is 0. The van der Waals surface area contributed by atoms with Crippen LogP contribution in [0.5, 0.6) is 0 Å². The summed E-state index contributed by atoms with van der Waals surface area (Å²) in [7, 11) is 1.79. The molecule has 0 aliphatic heterocycles. The van der Waals surface area contributed by atoms with Crippen LogP contribution >= 0.6 is 0 Å². The van der Waals surface area contributed by atoms with Gasteiger partial charge in [0.05, 0.1) is 23.9 Å². The van der Waals surface area contributed by atoms with Crippen LogP contribution in [0.1, 0.15) is 25.0 Å². The number of amides is 1. The highest BCUT2D eigenvalue weighted by Crippen LogP contribution is 2.19. The van der Waals surface area contributed by atoms with Crippen LogP contribution in [0.25, 0.3) is 6.08 Å². The number of aliphatic hydroxyl groups is 2. The van der Waals surface area contributed by atoms with Crippen molar-refractivity contribution < 1.29 is 15.0 Å². The van der Waals surface area contributed by atoms with E-state index < -0.39 is 12.2 Å². The third-order valence-electron chi connectivity index (χ3n) is 3.41. The number of aliphatic hydroxyl groups excluding tert-OH is 2. The summed E-state index contributed by atoms with van der Waals surface area (Å²) in [5.41, 5.74) is 0.819. The average molecular weight is 265 g/mol. The lowest BCUT2D eigenvalue weighted by Gasteiger charge is -2.31. The SMILES string of the molecule is Cn1nccc1/C=C/C(=O)N[C@@H]1CCC[C@@H](O)[C@@H]1O. The highest BCUT2D eigenvalue weighted by atomic mass is 16.3. The molecule has 1 aliphatic carbocycles. The molecule has 6 nitrogen and oxygen atoms in total. The Morgan fingerprint density at radius 2 is 2.32 bits per heavy atom. The molecule has 6 heteroatoms. The van der Waals surface area contributed by atoms with E-state index in [1.165, 1.54) is 6.08 Å². The number of carbonyl (C=O) groups excluding carboxylic acids is 1. The Bertz CT molecular complexity index is 469. The minimum atomic E-state index is -0.886. The second-order valence-electron chi connectivity index (χ2n) is 4.82. The second kappa shape index (κ2) is 5.99. The fourth-order valence-electron chi connectivity index (χ4n) is 2.25. The van der Waals surface area contributed by atoms with Crippen molar-refractivity contribution in [2.75, 3.05) is 0 Å². The molecule has 1 heterocycles. The van der Waals surface area contributed by atoms with Gasteiger partial charge in [-0.3, -0.25) is 9.48 Å². The topological polar surface area (TPSA) is 87.4 Å². The molecule has 1 aromatic rings. The number of rotatable bonds is 3. The third-order valence-corrected chi connectivity index (χ3v) is 3.41. The van der Waals surface area contributed by atoms with Crippen LogP contribution in [0, 0.1) is 0 Å². The third kappa shape index (κ3) is 3.42. The number of nitrogens with zero attached hydrogens (tertiary/aromatic N) is 2. The Morgan fingerprint density at radius 1 is 1.53 bits per heavy atom. The Morgan fingerprint density at radius 3 is 3.00 bits per heavy atom. The normalized spacial score (nSPS) is 27.6. The Balaban J connectivity index is 1.91. The van der Waals surface area contributed by atoms with Crippen LogP contribution in [-0.4, -0.2) is 44.2 Å². The molecule has 104 valence electrons. The largest absolute Gasteiger partial charge is 0.390 e. The number of hydrogen-bond donors (Lipinski definition) is 3. The van der Waals surface area contributed by atoms with E-state index in [0.717, 1.165) is 12.1 Å². The van der Waals surface area contributed by atoms with Crippen molar-refractivity contribution in [3.63, 3.8) is 0 Å². The van der Waals surface area contributed by atoms with Gasteiger partial charge in [0.15, 0.2) is 0 Å². The molecular formula is C13H19N3O3. The quantitative estimate of drug-likeness (QED) is 0.662. The molecule has 0 saturated heterocycles. The van der Waals surface area contributed by atoms with Gasteiger partial charge in [-0.2, -0.15) is 5.10 Å². The maximum atomic E-state index is 11.7. The van der Waals surface area contributed by atoms with E-state index in [1.807, 2.05) is 0 Å². The predicted octanol–water partition coefficient (Wildman–Crippen LogP) is -0.176.